The number of carbonyl (C=O) groups excluding carboxylic acids is 1. The summed E-state index contributed by atoms with van der Waals surface area (Å²) in [6.07, 6.45) is 0. The normalized spacial score (nSPS) is 45.6. The van der Waals surface area contributed by atoms with Crippen LogP contribution in [-0.2, 0) is 4.79 Å². The molecule has 2 N–H and O–H groups in total. The van der Waals surface area contributed by atoms with Crippen LogP contribution in [0.15, 0.2) is 60.7 Å². The van der Waals surface area contributed by atoms with Crippen LogP contribution in [0, 0.1) is 46.3 Å². The average Bonchev–Trinajstić information content (AvgIpc) is 2.75. The molecule has 0 aliphatic heterocycles. The van der Waals surface area contributed by atoms with Crippen molar-refractivity contribution in [3.8, 4) is 0 Å². The van der Waals surface area contributed by atoms with E-state index >= 15 is 0 Å². The Hall–Kier alpha value is -2.13. The van der Waals surface area contributed by atoms with Gasteiger partial charge in [0.05, 0.1) is 5.41 Å². The number of nitrogens with one attached hydrogen (secondary N) is 1. The van der Waals surface area contributed by atoms with E-state index in [9.17, 15) is 9.90 Å². The molecule has 0 saturated heterocycles. The van der Waals surface area contributed by atoms with Crippen molar-refractivity contribution in [3.05, 3.63) is 71.8 Å². The summed E-state index contributed by atoms with van der Waals surface area (Å²) in [4.78, 5) is 13.2. The molecule has 0 aromatic heterocycles. The lowest BCUT2D eigenvalue weighted by Crippen LogP contribution is -3.11. The van der Waals surface area contributed by atoms with E-state index in [1.165, 1.54) is 11.1 Å². The van der Waals surface area contributed by atoms with Gasteiger partial charge < -0.3 is 10.4 Å². The Morgan fingerprint density at radius 3 is 1.78 bits per heavy atom. The van der Waals surface area contributed by atoms with Gasteiger partial charge in [-0.15, -0.1) is 0 Å². The second-order valence-corrected chi connectivity index (χ2v) is 9.44. The zero-order chi connectivity index (χ0) is 18.0. The molecule has 0 heterocycles. The van der Waals surface area contributed by atoms with Crippen LogP contribution in [-0.4, -0.2) is 24.2 Å². The van der Waals surface area contributed by atoms with Gasteiger partial charge in [0.2, 0.25) is 5.91 Å². The lowest BCUT2D eigenvalue weighted by Gasteiger charge is -3.10. The van der Waals surface area contributed by atoms with Crippen LogP contribution >= 0.6 is 0 Å². The van der Waals surface area contributed by atoms with Gasteiger partial charge in [0.25, 0.3) is 0 Å². The van der Waals surface area contributed by atoms with Crippen molar-refractivity contribution in [3.63, 3.8) is 0 Å². The molecule has 0 unspecified atom stereocenters. The first-order chi connectivity index (χ1) is 13.3. The van der Waals surface area contributed by atoms with E-state index in [2.05, 4.69) is 53.8 Å². The monoisotopic (exact) mass is 357 g/mol. The average molecular weight is 357 g/mol. The van der Waals surface area contributed by atoms with Crippen LogP contribution in [0.1, 0.15) is 17.0 Å². The van der Waals surface area contributed by atoms with Crippen LogP contribution in [0.3, 0.4) is 0 Å². The van der Waals surface area contributed by atoms with Crippen LogP contribution in [0.25, 0.3) is 0 Å². The molecular weight excluding hydrogens is 334 g/mol. The fraction of sp³-hybridized carbons (Fsp3) is 0.458. The maximum absolute atomic E-state index is 13.2. The summed E-state index contributed by atoms with van der Waals surface area (Å²) >= 11 is 0. The van der Waals surface area contributed by atoms with Gasteiger partial charge in [-0.2, -0.15) is 0 Å². The Balaban J connectivity index is 1.12. The quantitative estimate of drug-likeness (QED) is 0.835. The first kappa shape index (κ1) is 14.9. The molecule has 3 heteroatoms. The molecule has 6 aliphatic carbocycles. The van der Waals surface area contributed by atoms with Gasteiger partial charge in [-0.1, -0.05) is 60.7 Å². The Kier molecular flexibility index (Phi) is 2.46. The summed E-state index contributed by atoms with van der Waals surface area (Å²) < 4.78 is 0. The number of amides is 1. The van der Waals surface area contributed by atoms with Gasteiger partial charge in [0.15, 0.2) is 0 Å². The first-order valence-electron chi connectivity index (χ1n) is 10.3. The molecule has 0 spiro atoms. The van der Waals surface area contributed by atoms with Crippen molar-refractivity contribution >= 4 is 5.91 Å². The minimum atomic E-state index is -0.0329. The predicted molar refractivity (Wildman–Crippen MR) is 101 cm³/mol. The van der Waals surface area contributed by atoms with E-state index in [1.807, 2.05) is 12.1 Å². The molecular formula is C24H23NO2. The third-order valence-corrected chi connectivity index (χ3v) is 9.38. The van der Waals surface area contributed by atoms with E-state index < -0.39 is 0 Å². The van der Waals surface area contributed by atoms with E-state index in [0.29, 0.717) is 54.6 Å². The molecule has 27 heavy (non-hydrogen) atoms. The number of carbonyl (C=O) groups is 1. The summed E-state index contributed by atoms with van der Waals surface area (Å²) in [5.74, 6) is 4.29. The molecule has 8 rings (SSSR count). The Labute approximate surface area is 158 Å². The molecule has 3 nitrogen and oxygen atoms in total. The summed E-state index contributed by atoms with van der Waals surface area (Å²) in [5.41, 5.74) is 2.74. The minimum absolute atomic E-state index is 0.0329. The topological polar surface area (TPSA) is 49.3 Å². The van der Waals surface area contributed by atoms with Crippen molar-refractivity contribution in [1.29, 1.82) is 0 Å². The highest BCUT2D eigenvalue weighted by Gasteiger charge is 3.11. The number of aliphatic hydroxyl groups excluding tert-OH is 1. The first-order valence-corrected chi connectivity index (χ1v) is 10.3. The van der Waals surface area contributed by atoms with E-state index in [-0.39, 0.29) is 16.7 Å². The highest BCUT2D eigenvalue weighted by atomic mass is 16.3. The fourth-order valence-corrected chi connectivity index (χ4v) is 8.67. The summed E-state index contributed by atoms with van der Waals surface area (Å²) in [6, 6.07) is 21.0. The smallest absolute Gasteiger partial charge is 0.227 e. The third-order valence-electron chi connectivity index (χ3n) is 9.38. The van der Waals surface area contributed by atoms with E-state index in [4.69, 9.17) is 0 Å². The Bertz CT molecular complexity index is 860. The van der Waals surface area contributed by atoms with Crippen molar-refractivity contribution in [2.45, 2.75) is 5.92 Å². The van der Waals surface area contributed by atoms with Crippen LogP contribution in [0.4, 0.5) is 0 Å². The fourth-order valence-electron chi connectivity index (χ4n) is 8.67. The van der Waals surface area contributed by atoms with Crippen molar-refractivity contribution < 1.29 is 9.90 Å². The standard InChI is InChI=1S/C24H23NO2/c26-12-23-16-19-17(23)21-18(23)20(16)24(19,21)22(27)25-11-15(13-7-3-1-4-8-13)14-9-5-2-6-10-14/h1-10,15-21,26H,11-12H2,(H,25,27). The van der Waals surface area contributed by atoms with Gasteiger partial charge in [-0.05, 0) is 46.6 Å². The third kappa shape index (κ3) is 1.24. The number of rotatable bonds is 6. The zero-order valence-electron chi connectivity index (χ0n) is 15.1. The van der Waals surface area contributed by atoms with Crippen molar-refractivity contribution in [1.82, 2.24) is 5.32 Å². The lowest BCUT2D eigenvalue weighted by atomic mass is 8.92. The van der Waals surface area contributed by atoms with Gasteiger partial charge in [0.1, 0.15) is 0 Å². The number of hydrogen-bond acceptors (Lipinski definition) is 2. The minimum Gasteiger partial charge on any atom is -0.396 e. The highest BCUT2D eigenvalue weighted by molar-refractivity contribution is 5.92. The molecule has 0 atom stereocenters. The second-order valence-electron chi connectivity index (χ2n) is 9.44. The largest absolute Gasteiger partial charge is 0.396 e. The molecule has 0 bridgehead atoms. The number of aliphatic hydroxyl groups is 1. The summed E-state index contributed by atoms with van der Waals surface area (Å²) in [7, 11) is 0. The molecule has 6 saturated carbocycles. The van der Waals surface area contributed by atoms with E-state index in [0.717, 1.165) is 0 Å². The Morgan fingerprint density at radius 2 is 1.33 bits per heavy atom. The maximum atomic E-state index is 13.2. The molecule has 1 amide bonds. The molecule has 2 aromatic rings. The number of benzene rings is 2. The van der Waals surface area contributed by atoms with Crippen LogP contribution in [0.2, 0.25) is 0 Å². The SMILES string of the molecule is O=C(NCC(c1ccccc1)c1ccccc1)C12C3C4C1C1C2C3C41CO. The summed E-state index contributed by atoms with van der Waals surface area (Å²) in [6.45, 7) is 1.02. The molecule has 0 radical (unpaired) electrons. The Morgan fingerprint density at radius 1 is 0.852 bits per heavy atom. The molecule has 136 valence electrons. The second kappa shape index (κ2) is 4.47. The van der Waals surface area contributed by atoms with Gasteiger partial charge >= 0.3 is 0 Å². The highest BCUT2D eigenvalue weighted by Crippen LogP contribution is 3.10. The lowest BCUT2D eigenvalue weighted by molar-refractivity contribution is -0.644. The van der Waals surface area contributed by atoms with Gasteiger partial charge in [-0.3, -0.25) is 4.79 Å². The van der Waals surface area contributed by atoms with Gasteiger partial charge in [-0.25, -0.2) is 0 Å². The molecule has 6 aliphatic rings. The van der Waals surface area contributed by atoms with Crippen molar-refractivity contribution in [2.75, 3.05) is 13.2 Å². The van der Waals surface area contributed by atoms with Gasteiger partial charge in [0, 0.05) is 24.5 Å². The van der Waals surface area contributed by atoms with Crippen LogP contribution in [0.5, 0.6) is 0 Å². The zero-order valence-corrected chi connectivity index (χ0v) is 15.1. The van der Waals surface area contributed by atoms with E-state index in [1.54, 1.807) is 0 Å². The molecule has 6 fully saturated rings. The number of hydrogen-bond donors (Lipinski definition) is 2. The summed E-state index contributed by atoms with van der Waals surface area (Å²) in [5, 5.41) is 13.1. The van der Waals surface area contributed by atoms with Crippen molar-refractivity contribution in [2.24, 2.45) is 46.3 Å². The molecule has 2 aromatic carbocycles. The van der Waals surface area contributed by atoms with Crippen LogP contribution < -0.4 is 5.32 Å². The predicted octanol–water partition coefficient (Wildman–Crippen LogP) is 2.67. The maximum Gasteiger partial charge on any atom is 0.227 e.